The minimum atomic E-state index is -1.11. The topological polar surface area (TPSA) is 91.2 Å². The van der Waals surface area contributed by atoms with E-state index in [0.717, 1.165) is 0 Å². The van der Waals surface area contributed by atoms with Gasteiger partial charge in [-0.1, -0.05) is 11.6 Å². The number of rotatable bonds is 5. The number of carbonyl (C=O) groups is 1. The molecular weight excluding hydrogens is 435 g/mol. The first-order valence-electron chi connectivity index (χ1n) is 6.30. The van der Waals surface area contributed by atoms with Crippen LogP contribution >= 0.6 is 34.2 Å². The molecule has 0 atom stereocenters. The van der Waals surface area contributed by atoms with Crippen molar-refractivity contribution < 1.29 is 19.7 Å². The minimum absolute atomic E-state index is 0.00674. The monoisotopic (exact) mass is 446 g/mol. The summed E-state index contributed by atoms with van der Waals surface area (Å²) in [7, 11) is 1.46. The number of hydrazone groups is 1. The highest BCUT2D eigenvalue weighted by Gasteiger charge is 2.09. The molecule has 0 aromatic heterocycles. The number of ether oxygens (including phenoxy) is 1. The number of phenols is 1. The summed E-state index contributed by atoms with van der Waals surface area (Å²) in [6.45, 7) is 0. The maximum Gasteiger partial charge on any atom is 0.337 e. The lowest BCUT2D eigenvalue weighted by Crippen LogP contribution is -1.99. The second-order valence-electron chi connectivity index (χ2n) is 4.42. The molecule has 8 heteroatoms. The molecule has 2 aromatic rings. The standard InChI is InChI=1S/C15H12ClIN2O4/c1-23-13-5-8(4-12(17)14(13)20)7-18-19-9-2-3-11(16)10(6-9)15(21)22/h2-7,19-20H,1H3,(H,21,22). The molecule has 0 radical (unpaired) electrons. The van der Waals surface area contributed by atoms with Crippen molar-refractivity contribution in [2.45, 2.75) is 0 Å². The molecule has 0 aliphatic carbocycles. The van der Waals surface area contributed by atoms with E-state index in [0.29, 0.717) is 20.6 Å². The van der Waals surface area contributed by atoms with E-state index >= 15 is 0 Å². The lowest BCUT2D eigenvalue weighted by molar-refractivity contribution is 0.0697. The molecule has 0 spiro atoms. The second-order valence-corrected chi connectivity index (χ2v) is 5.99. The van der Waals surface area contributed by atoms with Gasteiger partial charge in [0.25, 0.3) is 0 Å². The largest absolute Gasteiger partial charge is 0.504 e. The zero-order valence-corrected chi connectivity index (χ0v) is 14.8. The molecule has 0 amide bonds. The van der Waals surface area contributed by atoms with Gasteiger partial charge in [0.15, 0.2) is 11.5 Å². The van der Waals surface area contributed by atoms with Crippen LogP contribution in [0.4, 0.5) is 5.69 Å². The molecule has 6 nitrogen and oxygen atoms in total. The highest BCUT2D eigenvalue weighted by molar-refractivity contribution is 14.1. The van der Waals surface area contributed by atoms with Gasteiger partial charge in [0, 0.05) is 0 Å². The molecule has 0 fully saturated rings. The predicted octanol–water partition coefficient (Wildman–Crippen LogP) is 3.80. The third-order valence-corrected chi connectivity index (χ3v) is 4.03. The summed E-state index contributed by atoms with van der Waals surface area (Å²) in [5.74, 6) is -0.694. The Labute approximate surface area is 150 Å². The summed E-state index contributed by atoms with van der Waals surface area (Å²) in [6.07, 6.45) is 1.53. The van der Waals surface area contributed by atoms with Crippen molar-refractivity contribution in [3.05, 3.63) is 50.1 Å². The van der Waals surface area contributed by atoms with Crippen LogP contribution in [0.25, 0.3) is 0 Å². The van der Waals surface area contributed by atoms with Crippen molar-refractivity contribution in [1.29, 1.82) is 0 Å². The number of aromatic carboxylic acids is 1. The van der Waals surface area contributed by atoms with E-state index in [1.807, 2.05) is 22.6 Å². The molecule has 2 rings (SSSR count). The third-order valence-electron chi connectivity index (χ3n) is 2.87. The van der Waals surface area contributed by atoms with Crippen molar-refractivity contribution in [1.82, 2.24) is 0 Å². The van der Waals surface area contributed by atoms with Crippen LogP contribution in [0, 0.1) is 3.57 Å². The van der Waals surface area contributed by atoms with Crippen molar-refractivity contribution in [3.8, 4) is 11.5 Å². The Bertz CT molecular complexity index is 780. The number of benzene rings is 2. The molecular formula is C15H12ClIN2O4. The Morgan fingerprint density at radius 3 is 2.78 bits per heavy atom. The minimum Gasteiger partial charge on any atom is -0.504 e. The average Bonchev–Trinajstić information content (AvgIpc) is 2.51. The summed E-state index contributed by atoms with van der Waals surface area (Å²) in [4.78, 5) is 11.0. The van der Waals surface area contributed by atoms with Crippen LogP contribution in [0.1, 0.15) is 15.9 Å². The molecule has 0 saturated heterocycles. The SMILES string of the molecule is COc1cc(C=NNc2ccc(Cl)c(C(=O)O)c2)cc(I)c1O. The van der Waals surface area contributed by atoms with Crippen LogP contribution in [0.5, 0.6) is 11.5 Å². The van der Waals surface area contributed by atoms with Crippen molar-refractivity contribution in [3.63, 3.8) is 0 Å². The van der Waals surface area contributed by atoms with E-state index < -0.39 is 5.97 Å². The predicted molar refractivity (Wildman–Crippen MR) is 97.0 cm³/mol. The fraction of sp³-hybridized carbons (Fsp3) is 0.0667. The molecule has 0 saturated carbocycles. The van der Waals surface area contributed by atoms with E-state index in [4.69, 9.17) is 21.4 Å². The summed E-state index contributed by atoms with van der Waals surface area (Å²) in [5, 5.41) is 23.0. The van der Waals surface area contributed by atoms with Gasteiger partial charge in [0.2, 0.25) is 0 Å². The van der Waals surface area contributed by atoms with Gasteiger partial charge in [-0.3, -0.25) is 5.43 Å². The van der Waals surface area contributed by atoms with Crippen molar-refractivity contribution in [2.75, 3.05) is 12.5 Å². The molecule has 23 heavy (non-hydrogen) atoms. The van der Waals surface area contributed by atoms with Gasteiger partial charge in [-0.05, 0) is 58.5 Å². The smallest absolute Gasteiger partial charge is 0.337 e. The highest BCUT2D eigenvalue weighted by Crippen LogP contribution is 2.31. The Kier molecular flexibility index (Phi) is 5.67. The number of nitrogens with zero attached hydrogens (tertiary/aromatic N) is 1. The lowest BCUT2D eigenvalue weighted by Gasteiger charge is -2.06. The Hall–Kier alpha value is -2.00. The zero-order chi connectivity index (χ0) is 17.0. The Morgan fingerprint density at radius 2 is 2.13 bits per heavy atom. The maximum absolute atomic E-state index is 11.0. The van der Waals surface area contributed by atoms with E-state index in [9.17, 15) is 9.90 Å². The number of carboxylic acids is 1. The summed E-state index contributed by atoms with van der Waals surface area (Å²) < 4.78 is 5.70. The number of aromatic hydroxyl groups is 1. The van der Waals surface area contributed by atoms with Crippen LogP contribution in [0.3, 0.4) is 0 Å². The number of anilines is 1. The van der Waals surface area contributed by atoms with Gasteiger partial charge >= 0.3 is 5.97 Å². The first kappa shape index (κ1) is 17.4. The van der Waals surface area contributed by atoms with Crippen LogP contribution in [0.2, 0.25) is 5.02 Å². The Balaban J connectivity index is 2.18. The van der Waals surface area contributed by atoms with Crippen LogP contribution in [-0.4, -0.2) is 29.5 Å². The summed E-state index contributed by atoms with van der Waals surface area (Å²) in [5.41, 5.74) is 3.92. The number of methoxy groups -OCH3 is 1. The number of nitrogens with one attached hydrogen (secondary N) is 1. The molecule has 0 bridgehead atoms. The zero-order valence-electron chi connectivity index (χ0n) is 11.9. The van der Waals surface area contributed by atoms with E-state index in [2.05, 4.69) is 10.5 Å². The number of hydrogen-bond donors (Lipinski definition) is 3. The van der Waals surface area contributed by atoms with Crippen molar-refractivity contribution >= 4 is 52.1 Å². The Morgan fingerprint density at radius 1 is 1.39 bits per heavy atom. The summed E-state index contributed by atoms with van der Waals surface area (Å²) >= 11 is 7.79. The fourth-order valence-corrected chi connectivity index (χ4v) is 2.59. The second kappa shape index (κ2) is 7.51. The fourth-order valence-electron chi connectivity index (χ4n) is 1.76. The summed E-state index contributed by atoms with van der Waals surface area (Å²) in [6, 6.07) is 7.85. The first-order valence-corrected chi connectivity index (χ1v) is 7.76. The average molecular weight is 447 g/mol. The van der Waals surface area contributed by atoms with Gasteiger partial charge in [0.05, 0.1) is 33.2 Å². The molecule has 0 heterocycles. The van der Waals surface area contributed by atoms with Gasteiger partial charge in [0.1, 0.15) is 0 Å². The number of hydrogen-bond acceptors (Lipinski definition) is 5. The highest BCUT2D eigenvalue weighted by atomic mass is 127. The molecule has 0 aliphatic rings. The van der Waals surface area contributed by atoms with Gasteiger partial charge < -0.3 is 14.9 Å². The molecule has 2 aromatic carbocycles. The number of carboxylic acid groups (broad SMARTS) is 1. The molecule has 3 N–H and O–H groups in total. The van der Waals surface area contributed by atoms with Crippen LogP contribution in [0.15, 0.2) is 35.4 Å². The third kappa shape index (κ3) is 4.26. The van der Waals surface area contributed by atoms with E-state index in [1.165, 1.54) is 25.5 Å². The van der Waals surface area contributed by atoms with E-state index in [1.54, 1.807) is 18.2 Å². The number of halogens is 2. The first-order chi connectivity index (χ1) is 10.9. The molecule has 120 valence electrons. The van der Waals surface area contributed by atoms with Crippen LogP contribution < -0.4 is 10.2 Å². The van der Waals surface area contributed by atoms with E-state index in [-0.39, 0.29) is 16.3 Å². The van der Waals surface area contributed by atoms with Crippen molar-refractivity contribution in [2.24, 2.45) is 5.10 Å². The lowest BCUT2D eigenvalue weighted by atomic mass is 10.2. The molecule has 0 unspecified atom stereocenters. The van der Waals surface area contributed by atoms with Gasteiger partial charge in [-0.15, -0.1) is 0 Å². The molecule has 0 aliphatic heterocycles. The van der Waals surface area contributed by atoms with Gasteiger partial charge in [-0.2, -0.15) is 5.10 Å². The number of phenolic OH excluding ortho intramolecular Hbond substituents is 1. The van der Waals surface area contributed by atoms with Gasteiger partial charge in [-0.25, -0.2) is 4.79 Å². The normalized spacial score (nSPS) is 10.7. The quantitative estimate of drug-likeness (QED) is 0.369. The maximum atomic E-state index is 11.0. The van der Waals surface area contributed by atoms with Crippen LogP contribution in [-0.2, 0) is 0 Å².